The number of nitrogens with zero attached hydrogens (tertiary/aromatic N) is 1. The van der Waals surface area contributed by atoms with Crippen molar-refractivity contribution in [2.75, 3.05) is 0 Å². The van der Waals surface area contributed by atoms with E-state index in [2.05, 4.69) is 22.5 Å². The van der Waals surface area contributed by atoms with E-state index >= 15 is 0 Å². The Bertz CT molecular complexity index is 495. The van der Waals surface area contributed by atoms with Crippen molar-refractivity contribution in [1.29, 1.82) is 0 Å². The van der Waals surface area contributed by atoms with Gasteiger partial charge in [0.05, 0.1) is 6.54 Å². The number of carboxylic acids is 1. The fourth-order valence-electron chi connectivity index (χ4n) is 2.60. The zero-order valence-electron chi connectivity index (χ0n) is 12.1. The van der Waals surface area contributed by atoms with Crippen molar-refractivity contribution >= 4 is 23.3 Å². The number of urea groups is 1. The molecule has 3 N–H and O–H groups in total. The molecular formula is C14H21N3O3S. The summed E-state index contributed by atoms with van der Waals surface area (Å²) in [7, 11) is 0. The van der Waals surface area contributed by atoms with Gasteiger partial charge in [-0.1, -0.05) is 13.3 Å². The smallest absolute Gasteiger partial charge is 0.355 e. The molecule has 2 amide bonds. The lowest BCUT2D eigenvalue weighted by Gasteiger charge is -2.28. The molecule has 0 aliphatic heterocycles. The maximum absolute atomic E-state index is 11.8. The van der Waals surface area contributed by atoms with Crippen molar-refractivity contribution in [3.8, 4) is 0 Å². The molecule has 0 radical (unpaired) electrons. The van der Waals surface area contributed by atoms with Crippen LogP contribution >= 0.6 is 11.3 Å². The third-order valence-corrected chi connectivity index (χ3v) is 4.78. The standard InChI is InChI=1S/C14H21N3O3S/c1-2-9-3-5-10(6-4-9)16-14(20)15-7-12-17-11(8-21-12)13(18)19/h8-10H,2-7H2,1H3,(H,18,19)(H2,15,16,20). The number of carboxylic acid groups (broad SMARTS) is 1. The predicted octanol–water partition coefficient (Wildman–Crippen LogP) is 2.61. The van der Waals surface area contributed by atoms with Gasteiger partial charge in [0.1, 0.15) is 5.01 Å². The van der Waals surface area contributed by atoms with Gasteiger partial charge >= 0.3 is 12.0 Å². The fraction of sp³-hybridized carbons (Fsp3) is 0.643. The van der Waals surface area contributed by atoms with Gasteiger partial charge < -0.3 is 15.7 Å². The molecule has 1 heterocycles. The lowest BCUT2D eigenvalue weighted by Crippen LogP contribution is -2.43. The predicted molar refractivity (Wildman–Crippen MR) is 80.5 cm³/mol. The van der Waals surface area contributed by atoms with E-state index in [-0.39, 0.29) is 24.3 Å². The Morgan fingerprint density at radius 3 is 2.67 bits per heavy atom. The summed E-state index contributed by atoms with van der Waals surface area (Å²) in [4.78, 5) is 26.5. The molecule has 116 valence electrons. The van der Waals surface area contributed by atoms with E-state index in [1.807, 2.05) is 0 Å². The number of aromatic nitrogens is 1. The lowest BCUT2D eigenvalue weighted by molar-refractivity contribution is 0.0691. The molecule has 6 nitrogen and oxygen atoms in total. The SMILES string of the molecule is CCC1CCC(NC(=O)NCc2nc(C(=O)O)cs2)CC1. The minimum absolute atomic E-state index is 0.0232. The number of hydrogen-bond donors (Lipinski definition) is 3. The summed E-state index contributed by atoms with van der Waals surface area (Å²) < 4.78 is 0. The Morgan fingerprint density at radius 1 is 1.38 bits per heavy atom. The second-order valence-electron chi connectivity index (χ2n) is 5.38. The van der Waals surface area contributed by atoms with E-state index in [0.717, 1.165) is 18.8 Å². The average Bonchev–Trinajstić information content (AvgIpc) is 2.95. The minimum atomic E-state index is -1.05. The number of rotatable bonds is 5. The van der Waals surface area contributed by atoms with Gasteiger partial charge in [0.2, 0.25) is 0 Å². The quantitative estimate of drug-likeness (QED) is 0.779. The van der Waals surface area contributed by atoms with Crippen molar-refractivity contribution in [3.05, 3.63) is 16.1 Å². The van der Waals surface area contributed by atoms with Crippen LogP contribution in [0.1, 0.15) is 54.5 Å². The second kappa shape index (κ2) is 7.40. The topological polar surface area (TPSA) is 91.3 Å². The van der Waals surface area contributed by atoms with E-state index < -0.39 is 5.97 Å². The highest BCUT2D eigenvalue weighted by atomic mass is 32.1. The maximum Gasteiger partial charge on any atom is 0.355 e. The van der Waals surface area contributed by atoms with Crippen molar-refractivity contribution in [2.45, 2.75) is 51.6 Å². The van der Waals surface area contributed by atoms with Gasteiger partial charge in [-0.05, 0) is 31.6 Å². The maximum atomic E-state index is 11.8. The van der Waals surface area contributed by atoms with Crippen LogP contribution in [0.25, 0.3) is 0 Å². The van der Waals surface area contributed by atoms with E-state index in [1.54, 1.807) is 0 Å². The molecule has 7 heteroatoms. The van der Waals surface area contributed by atoms with E-state index in [0.29, 0.717) is 5.01 Å². The Morgan fingerprint density at radius 2 is 2.10 bits per heavy atom. The molecule has 1 fully saturated rings. The van der Waals surface area contributed by atoms with Crippen LogP contribution in [0.2, 0.25) is 0 Å². The Hall–Kier alpha value is -1.63. The number of aromatic carboxylic acids is 1. The first-order valence-corrected chi connectivity index (χ1v) is 8.18. The summed E-state index contributed by atoms with van der Waals surface area (Å²) in [5.74, 6) is -0.245. The molecule has 1 saturated carbocycles. The van der Waals surface area contributed by atoms with Crippen LogP contribution in [0.5, 0.6) is 0 Å². The molecular weight excluding hydrogens is 290 g/mol. The molecule has 2 rings (SSSR count). The lowest BCUT2D eigenvalue weighted by atomic mass is 9.85. The number of amides is 2. The van der Waals surface area contributed by atoms with E-state index in [4.69, 9.17) is 5.11 Å². The van der Waals surface area contributed by atoms with Crippen LogP contribution in [0.15, 0.2) is 5.38 Å². The van der Waals surface area contributed by atoms with Crippen molar-refractivity contribution in [1.82, 2.24) is 15.6 Å². The van der Waals surface area contributed by atoms with Gasteiger partial charge in [-0.15, -0.1) is 11.3 Å². The number of thiazole rings is 1. The first kappa shape index (κ1) is 15.8. The summed E-state index contributed by atoms with van der Waals surface area (Å²) >= 11 is 1.23. The highest BCUT2D eigenvalue weighted by molar-refractivity contribution is 7.09. The molecule has 0 atom stereocenters. The third kappa shape index (κ3) is 4.70. The molecule has 21 heavy (non-hydrogen) atoms. The Kier molecular flexibility index (Phi) is 5.55. The zero-order chi connectivity index (χ0) is 15.2. The average molecular weight is 311 g/mol. The van der Waals surface area contributed by atoms with Crippen LogP contribution in [-0.4, -0.2) is 28.1 Å². The van der Waals surface area contributed by atoms with Crippen LogP contribution in [-0.2, 0) is 6.54 Å². The summed E-state index contributed by atoms with van der Waals surface area (Å²) in [5.41, 5.74) is 0.0232. The third-order valence-electron chi connectivity index (χ3n) is 3.93. The highest BCUT2D eigenvalue weighted by Crippen LogP contribution is 2.26. The van der Waals surface area contributed by atoms with Crippen molar-refractivity contribution in [3.63, 3.8) is 0 Å². The van der Waals surface area contributed by atoms with Crippen LogP contribution in [0.3, 0.4) is 0 Å². The van der Waals surface area contributed by atoms with Gasteiger partial charge in [-0.2, -0.15) is 0 Å². The second-order valence-corrected chi connectivity index (χ2v) is 6.33. The van der Waals surface area contributed by atoms with Crippen molar-refractivity contribution in [2.24, 2.45) is 5.92 Å². The number of carbonyl (C=O) groups excluding carboxylic acids is 1. The fourth-order valence-corrected chi connectivity index (χ4v) is 3.31. The van der Waals surface area contributed by atoms with Crippen LogP contribution in [0, 0.1) is 5.92 Å². The van der Waals surface area contributed by atoms with E-state index in [9.17, 15) is 9.59 Å². The normalized spacial score (nSPS) is 21.8. The zero-order valence-corrected chi connectivity index (χ0v) is 12.9. The summed E-state index contributed by atoms with van der Waals surface area (Å²) in [6.07, 6.45) is 5.64. The van der Waals surface area contributed by atoms with Gasteiger partial charge in [0.25, 0.3) is 0 Å². The van der Waals surface area contributed by atoms with Crippen LogP contribution in [0.4, 0.5) is 4.79 Å². The molecule has 0 saturated heterocycles. The number of nitrogens with one attached hydrogen (secondary N) is 2. The Balaban J connectivity index is 1.71. The molecule has 0 unspecified atom stereocenters. The van der Waals surface area contributed by atoms with E-state index in [1.165, 1.54) is 36.0 Å². The molecule has 1 aromatic heterocycles. The molecule has 1 aliphatic carbocycles. The minimum Gasteiger partial charge on any atom is -0.476 e. The first-order chi connectivity index (χ1) is 10.1. The van der Waals surface area contributed by atoms with Gasteiger partial charge in [-0.3, -0.25) is 0 Å². The monoisotopic (exact) mass is 311 g/mol. The summed E-state index contributed by atoms with van der Waals surface area (Å²) in [6, 6.07) is 0.0423. The molecule has 1 aliphatic rings. The van der Waals surface area contributed by atoms with Crippen molar-refractivity contribution < 1.29 is 14.7 Å². The van der Waals surface area contributed by atoms with Gasteiger partial charge in [0, 0.05) is 11.4 Å². The number of carbonyl (C=O) groups is 2. The summed E-state index contributed by atoms with van der Waals surface area (Å²) in [6.45, 7) is 2.47. The highest BCUT2D eigenvalue weighted by Gasteiger charge is 2.21. The largest absolute Gasteiger partial charge is 0.476 e. The van der Waals surface area contributed by atoms with Gasteiger partial charge in [0.15, 0.2) is 5.69 Å². The van der Waals surface area contributed by atoms with Gasteiger partial charge in [-0.25, -0.2) is 14.6 Å². The number of hydrogen-bond acceptors (Lipinski definition) is 4. The molecule has 1 aromatic rings. The Labute approximate surface area is 128 Å². The van der Waals surface area contributed by atoms with Crippen LogP contribution < -0.4 is 10.6 Å². The summed E-state index contributed by atoms with van der Waals surface area (Å²) in [5, 5.41) is 16.6. The molecule has 0 aromatic carbocycles. The first-order valence-electron chi connectivity index (χ1n) is 7.30. The molecule has 0 bridgehead atoms. The molecule has 0 spiro atoms.